The minimum absolute atomic E-state index is 0.0382. The highest BCUT2D eigenvalue weighted by Crippen LogP contribution is 2.33. The van der Waals surface area contributed by atoms with Gasteiger partial charge in [-0.25, -0.2) is 15.8 Å². The molecule has 7 aromatic rings. The highest BCUT2D eigenvalue weighted by atomic mass is 16.5. The summed E-state index contributed by atoms with van der Waals surface area (Å²) in [5.74, 6) is 4.18. The number of rotatable bonds is 20. The van der Waals surface area contributed by atoms with Crippen molar-refractivity contribution < 1.29 is 33.4 Å². The number of aryl methyl sites for hydroxylation is 4. The lowest BCUT2D eigenvalue weighted by atomic mass is 10.1. The molecule has 7 rings (SSSR count). The van der Waals surface area contributed by atoms with Crippen molar-refractivity contribution in [3.63, 3.8) is 0 Å². The first kappa shape index (κ1) is 47.4. The first-order valence-corrected chi connectivity index (χ1v) is 21.7. The summed E-state index contributed by atoms with van der Waals surface area (Å²) in [6, 6.07) is 16.4. The molecule has 0 atom stereocenters. The van der Waals surface area contributed by atoms with Gasteiger partial charge in [0.1, 0.15) is 33.9 Å². The van der Waals surface area contributed by atoms with Crippen LogP contribution in [0, 0.1) is 13.8 Å². The van der Waals surface area contributed by atoms with Gasteiger partial charge >= 0.3 is 0 Å². The molecular weight excluding hydrogens is 875 g/mol. The molecule has 0 aliphatic heterocycles. The summed E-state index contributed by atoms with van der Waals surface area (Å²) in [4.78, 5) is 74.9. The Bertz CT molecular complexity index is 3090. The zero-order chi connectivity index (χ0) is 48.8. The molecule has 22 heteroatoms. The van der Waals surface area contributed by atoms with E-state index in [0.717, 1.165) is 10.6 Å². The summed E-state index contributed by atoms with van der Waals surface area (Å²) < 4.78 is 18.5. The fraction of sp³-hybridized carbons (Fsp3) is 0.283. The topological polar surface area (TPSA) is 306 Å². The predicted molar refractivity (Wildman–Crippen MR) is 254 cm³/mol. The Morgan fingerprint density at radius 1 is 0.721 bits per heavy atom. The fourth-order valence-electron chi connectivity index (χ4n) is 7.64. The maximum absolute atomic E-state index is 13.9. The first-order valence-electron chi connectivity index (χ1n) is 21.7. The predicted octanol–water partition coefficient (Wildman–Crippen LogP) is 4.05. The number of benzene rings is 3. The number of nitrogens with two attached hydrogens (primary N) is 4. The van der Waals surface area contributed by atoms with E-state index in [1.807, 2.05) is 13.8 Å². The minimum atomic E-state index is -0.737. The number of hydrogen-bond acceptors (Lipinski definition) is 13. The third kappa shape index (κ3) is 10.3. The summed E-state index contributed by atoms with van der Waals surface area (Å²) in [7, 11) is 1.44. The number of nitrogens with one attached hydrogen (secondary N) is 2. The highest BCUT2D eigenvalue weighted by Gasteiger charge is 2.24. The number of aromatic nitrogens is 8. The van der Waals surface area contributed by atoms with Gasteiger partial charge in [-0.15, -0.1) is 0 Å². The second kappa shape index (κ2) is 20.3. The van der Waals surface area contributed by atoms with Crippen molar-refractivity contribution in [1.82, 2.24) is 43.7 Å². The van der Waals surface area contributed by atoms with Crippen LogP contribution in [-0.2, 0) is 37.5 Å². The van der Waals surface area contributed by atoms with E-state index in [1.165, 1.54) is 31.4 Å². The molecule has 3 aromatic carbocycles. The van der Waals surface area contributed by atoms with Crippen LogP contribution < -0.4 is 43.2 Å². The van der Waals surface area contributed by atoms with Gasteiger partial charge in [0.05, 0.1) is 42.7 Å². The number of fused-ring (bicyclic) bond motifs is 2. The van der Waals surface area contributed by atoms with Gasteiger partial charge < -0.3 is 35.8 Å². The number of anilines is 3. The van der Waals surface area contributed by atoms with Crippen molar-refractivity contribution in [1.29, 1.82) is 0 Å². The van der Waals surface area contributed by atoms with Crippen molar-refractivity contribution in [2.24, 2.45) is 17.3 Å². The van der Waals surface area contributed by atoms with Crippen LogP contribution in [0.5, 0.6) is 11.5 Å². The SMILES string of the molecule is CCn1nc(C)cc1C(=O)Nc1nc2cc(C(N)=O)cc(OC)c2n1C/C=C/Cn1c(NC(=O)c2cc(C)nn2CC)nc2cc(C(N)=O)cc(OCCCC(=O)N(N)Cc3ccc(N)cc3)c21. The van der Waals surface area contributed by atoms with Crippen molar-refractivity contribution in [3.05, 3.63) is 112 Å². The molecule has 0 bridgehead atoms. The second-order valence-corrected chi connectivity index (χ2v) is 15.8. The smallest absolute Gasteiger partial charge is 0.276 e. The third-order valence-corrected chi connectivity index (χ3v) is 10.9. The van der Waals surface area contributed by atoms with Gasteiger partial charge in [-0.3, -0.25) is 49.0 Å². The Kier molecular flexibility index (Phi) is 14.2. The van der Waals surface area contributed by atoms with E-state index in [0.29, 0.717) is 58.1 Å². The summed E-state index contributed by atoms with van der Waals surface area (Å²) in [6.07, 6.45) is 3.92. The molecule has 10 N–H and O–H groups in total. The van der Waals surface area contributed by atoms with E-state index in [-0.39, 0.29) is 85.0 Å². The Balaban J connectivity index is 1.22. The molecule has 0 saturated carbocycles. The molecule has 0 spiro atoms. The second-order valence-electron chi connectivity index (χ2n) is 15.8. The number of amides is 5. The zero-order valence-electron chi connectivity index (χ0n) is 38.3. The van der Waals surface area contributed by atoms with Crippen LogP contribution in [0.2, 0.25) is 0 Å². The molecule has 0 saturated heterocycles. The standard InChI is InChI=1S/C46H53N15O7/c1-6-60-34(19-26(3)55-60)43(65)53-45-51-32-21-29(41(48)63)23-36(67-5)39(32)57(45)16-8-9-17-58-40-33(52-46(58)54-44(66)35-20-27(4)56-61(35)7-2)22-30(42(49)64)24-37(40)68-18-10-11-38(62)59(50)25-28-12-14-31(47)15-13-28/h8-9,12-15,19-24H,6-7,10-11,16-18,25,47,50H2,1-5H3,(H2,48,63)(H2,49,64)(H,51,53,65)(H,52,54,66)/b9-8+. The maximum atomic E-state index is 13.9. The molecule has 68 heavy (non-hydrogen) atoms. The molecule has 5 amide bonds. The number of allylic oxidation sites excluding steroid dienone is 2. The Labute approximate surface area is 389 Å². The average Bonchev–Trinajstić information content (AvgIpc) is 4.08. The van der Waals surface area contributed by atoms with Crippen LogP contribution >= 0.6 is 0 Å². The van der Waals surface area contributed by atoms with Crippen LogP contribution in [0.4, 0.5) is 17.6 Å². The van der Waals surface area contributed by atoms with Gasteiger partial charge in [0, 0.05) is 49.4 Å². The lowest BCUT2D eigenvalue weighted by molar-refractivity contribution is -0.132. The van der Waals surface area contributed by atoms with E-state index >= 15 is 0 Å². The van der Waals surface area contributed by atoms with Crippen molar-refractivity contribution in [2.75, 3.05) is 30.1 Å². The molecule has 354 valence electrons. The molecule has 22 nitrogen and oxygen atoms in total. The number of imidazole rings is 2. The number of primary amides is 2. The van der Waals surface area contributed by atoms with Gasteiger partial charge in [0.15, 0.2) is 0 Å². The van der Waals surface area contributed by atoms with E-state index in [4.69, 9.17) is 37.5 Å². The summed E-state index contributed by atoms with van der Waals surface area (Å²) in [5.41, 5.74) is 22.3. The minimum Gasteiger partial charge on any atom is -0.494 e. The molecule has 0 unspecified atom stereocenters. The largest absolute Gasteiger partial charge is 0.494 e. The van der Waals surface area contributed by atoms with Crippen LogP contribution in [0.25, 0.3) is 22.1 Å². The molecule has 0 aliphatic carbocycles. The maximum Gasteiger partial charge on any atom is 0.276 e. The molecule has 0 radical (unpaired) electrons. The van der Waals surface area contributed by atoms with Crippen molar-refractivity contribution in [2.45, 2.75) is 73.3 Å². The van der Waals surface area contributed by atoms with Crippen LogP contribution in [0.1, 0.15) is 85.3 Å². The monoisotopic (exact) mass is 927 g/mol. The quantitative estimate of drug-likeness (QED) is 0.0157. The fourth-order valence-corrected chi connectivity index (χ4v) is 7.64. The molecule has 0 fully saturated rings. The van der Waals surface area contributed by atoms with Crippen LogP contribution in [0.15, 0.2) is 72.8 Å². The number of hydrogen-bond donors (Lipinski definition) is 6. The van der Waals surface area contributed by atoms with E-state index in [9.17, 15) is 24.0 Å². The summed E-state index contributed by atoms with van der Waals surface area (Å²) >= 11 is 0. The van der Waals surface area contributed by atoms with Crippen molar-refractivity contribution in [3.8, 4) is 11.5 Å². The number of carbonyl (C=O) groups excluding carboxylic acids is 5. The first-order chi connectivity index (χ1) is 32.6. The Morgan fingerprint density at radius 2 is 1.21 bits per heavy atom. The number of ether oxygens (including phenoxy) is 2. The molecule has 4 heterocycles. The number of methoxy groups -OCH3 is 1. The van der Waals surface area contributed by atoms with E-state index in [2.05, 4.69) is 25.8 Å². The third-order valence-electron chi connectivity index (χ3n) is 10.9. The number of hydrazine groups is 1. The molecular formula is C46H53N15O7. The number of carbonyl (C=O) groups is 5. The number of nitrogens with zero attached hydrogens (tertiary/aromatic N) is 9. The van der Waals surface area contributed by atoms with Gasteiger partial charge in [-0.2, -0.15) is 10.2 Å². The van der Waals surface area contributed by atoms with Gasteiger partial charge in [-0.1, -0.05) is 24.3 Å². The van der Waals surface area contributed by atoms with Gasteiger partial charge in [0.25, 0.3) is 11.8 Å². The lowest BCUT2D eigenvalue weighted by Crippen LogP contribution is -2.36. The van der Waals surface area contributed by atoms with E-state index in [1.54, 1.807) is 80.9 Å². The molecule has 0 aliphatic rings. The zero-order valence-corrected chi connectivity index (χ0v) is 38.3. The van der Waals surface area contributed by atoms with Gasteiger partial charge in [-0.05, 0) is 88.2 Å². The lowest BCUT2D eigenvalue weighted by Gasteiger charge is -2.17. The van der Waals surface area contributed by atoms with Gasteiger partial charge in [0.2, 0.25) is 29.6 Å². The summed E-state index contributed by atoms with van der Waals surface area (Å²) in [6.45, 7) is 8.62. The van der Waals surface area contributed by atoms with Crippen molar-refractivity contribution >= 4 is 69.2 Å². The van der Waals surface area contributed by atoms with Crippen LogP contribution in [-0.4, -0.2) is 86.9 Å². The normalized spacial score (nSPS) is 11.4. The number of nitrogen functional groups attached to an aromatic ring is 1. The van der Waals surface area contributed by atoms with E-state index < -0.39 is 23.6 Å². The Morgan fingerprint density at radius 3 is 1.68 bits per heavy atom. The summed E-state index contributed by atoms with van der Waals surface area (Å²) in [5, 5.41) is 15.7. The average molecular weight is 928 g/mol. The Hall–Kier alpha value is -8.53. The van der Waals surface area contributed by atoms with Crippen LogP contribution in [0.3, 0.4) is 0 Å². The molecule has 4 aromatic heterocycles. The highest BCUT2D eigenvalue weighted by molar-refractivity contribution is 6.05.